The Labute approximate surface area is 134 Å². The van der Waals surface area contributed by atoms with Crippen LogP contribution in [0.5, 0.6) is 5.75 Å². The van der Waals surface area contributed by atoms with Gasteiger partial charge < -0.3 is 4.74 Å². The van der Waals surface area contributed by atoms with Gasteiger partial charge in [-0.15, -0.1) is 0 Å². The molecule has 7 heteroatoms. The van der Waals surface area contributed by atoms with Gasteiger partial charge in [0.25, 0.3) is 0 Å². The van der Waals surface area contributed by atoms with Crippen LogP contribution in [-0.4, -0.2) is 21.6 Å². The highest BCUT2D eigenvalue weighted by Crippen LogP contribution is 2.16. The molecule has 4 nitrogen and oxygen atoms in total. The number of benzene rings is 2. The minimum Gasteiger partial charge on any atom is -0.494 e. The van der Waals surface area contributed by atoms with Crippen LogP contribution in [0.2, 0.25) is 0 Å². The van der Waals surface area contributed by atoms with Crippen LogP contribution in [0.25, 0.3) is 0 Å². The first-order valence-corrected chi connectivity index (χ1v) is 8.51. The molecule has 0 unspecified atom stereocenters. The molecule has 0 aromatic heterocycles. The van der Waals surface area contributed by atoms with Crippen molar-refractivity contribution in [1.29, 1.82) is 0 Å². The minimum atomic E-state index is -3.68. The second kappa shape index (κ2) is 7.52. The van der Waals surface area contributed by atoms with Gasteiger partial charge in [-0.1, -0.05) is 0 Å². The molecule has 2 aromatic rings. The van der Waals surface area contributed by atoms with Crippen LogP contribution in [0.3, 0.4) is 0 Å². The molecule has 124 valence electrons. The zero-order valence-corrected chi connectivity index (χ0v) is 13.4. The summed E-state index contributed by atoms with van der Waals surface area (Å²) < 4.78 is 57.8. The Morgan fingerprint density at radius 1 is 1.04 bits per heavy atom. The summed E-state index contributed by atoms with van der Waals surface area (Å²) in [7, 11) is -3.68. The first-order valence-electron chi connectivity index (χ1n) is 7.03. The lowest BCUT2D eigenvalue weighted by Crippen LogP contribution is -2.26. The topological polar surface area (TPSA) is 55.4 Å². The van der Waals surface area contributed by atoms with Crippen molar-refractivity contribution in [3.8, 4) is 5.75 Å². The second-order valence-electron chi connectivity index (χ2n) is 4.96. The fourth-order valence-electron chi connectivity index (χ4n) is 1.99. The standard InChI is InChI=1S/C16H17F2NO3S/c1-12-11-14(18)5-8-16(12)23(20,21)19-9-2-10-22-15-6-3-13(17)4-7-15/h3-8,11,19H,2,9-10H2,1H3. The summed E-state index contributed by atoms with van der Waals surface area (Å²) in [6.45, 7) is 2.01. The Hall–Kier alpha value is -1.99. The summed E-state index contributed by atoms with van der Waals surface area (Å²) in [5, 5.41) is 0. The molecule has 0 fully saturated rings. The Balaban J connectivity index is 1.82. The highest BCUT2D eigenvalue weighted by atomic mass is 32.2. The van der Waals surface area contributed by atoms with Crippen molar-refractivity contribution >= 4 is 10.0 Å². The van der Waals surface area contributed by atoms with E-state index < -0.39 is 15.8 Å². The van der Waals surface area contributed by atoms with Crippen molar-refractivity contribution < 1.29 is 21.9 Å². The first-order chi connectivity index (χ1) is 10.9. The van der Waals surface area contributed by atoms with Crippen molar-refractivity contribution in [3.05, 3.63) is 59.7 Å². The van der Waals surface area contributed by atoms with Gasteiger partial charge in [0, 0.05) is 6.54 Å². The number of nitrogens with one attached hydrogen (secondary N) is 1. The van der Waals surface area contributed by atoms with E-state index in [1.165, 1.54) is 43.3 Å². The Morgan fingerprint density at radius 2 is 1.70 bits per heavy atom. The van der Waals surface area contributed by atoms with E-state index in [9.17, 15) is 17.2 Å². The summed E-state index contributed by atoms with van der Waals surface area (Å²) in [6, 6.07) is 9.10. The summed E-state index contributed by atoms with van der Waals surface area (Å²) >= 11 is 0. The van der Waals surface area contributed by atoms with Crippen LogP contribution < -0.4 is 9.46 Å². The van der Waals surface area contributed by atoms with Gasteiger partial charge in [-0.3, -0.25) is 0 Å². The molecule has 0 heterocycles. The maximum Gasteiger partial charge on any atom is 0.240 e. The average molecular weight is 341 g/mol. The van der Waals surface area contributed by atoms with Gasteiger partial charge in [-0.2, -0.15) is 0 Å². The lowest BCUT2D eigenvalue weighted by atomic mass is 10.2. The van der Waals surface area contributed by atoms with Crippen molar-refractivity contribution in [2.24, 2.45) is 0 Å². The Bertz CT molecular complexity index is 761. The lowest BCUT2D eigenvalue weighted by Gasteiger charge is -2.10. The van der Waals surface area contributed by atoms with Gasteiger partial charge in [0.2, 0.25) is 10.0 Å². The van der Waals surface area contributed by atoms with Crippen molar-refractivity contribution in [3.63, 3.8) is 0 Å². The molecule has 0 saturated heterocycles. The van der Waals surface area contributed by atoms with E-state index in [0.717, 1.165) is 6.07 Å². The zero-order valence-electron chi connectivity index (χ0n) is 12.6. The molecular weight excluding hydrogens is 324 g/mol. The highest BCUT2D eigenvalue weighted by Gasteiger charge is 2.16. The molecular formula is C16H17F2NO3S. The van der Waals surface area contributed by atoms with Crippen molar-refractivity contribution in [2.75, 3.05) is 13.2 Å². The lowest BCUT2D eigenvalue weighted by molar-refractivity contribution is 0.311. The molecule has 1 N–H and O–H groups in total. The molecule has 0 spiro atoms. The van der Waals surface area contributed by atoms with Crippen LogP contribution in [-0.2, 0) is 10.0 Å². The average Bonchev–Trinajstić information content (AvgIpc) is 2.48. The van der Waals surface area contributed by atoms with E-state index in [-0.39, 0.29) is 23.9 Å². The number of ether oxygens (including phenoxy) is 1. The van der Waals surface area contributed by atoms with Crippen LogP contribution in [0.4, 0.5) is 8.78 Å². The van der Waals surface area contributed by atoms with E-state index in [1.807, 2.05) is 0 Å². The summed E-state index contributed by atoms with van der Waals surface area (Å²) in [5.74, 6) is -0.308. The smallest absolute Gasteiger partial charge is 0.240 e. The second-order valence-corrected chi connectivity index (χ2v) is 6.70. The Kier molecular flexibility index (Phi) is 5.68. The third-order valence-electron chi connectivity index (χ3n) is 3.12. The SMILES string of the molecule is Cc1cc(F)ccc1S(=O)(=O)NCCCOc1ccc(F)cc1. The van der Waals surface area contributed by atoms with Gasteiger partial charge in [0.15, 0.2) is 0 Å². The zero-order chi connectivity index (χ0) is 16.9. The number of rotatable bonds is 7. The Morgan fingerprint density at radius 3 is 2.35 bits per heavy atom. The van der Waals surface area contributed by atoms with E-state index in [2.05, 4.69) is 4.72 Å². The van der Waals surface area contributed by atoms with Gasteiger partial charge in [0.05, 0.1) is 11.5 Å². The van der Waals surface area contributed by atoms with E-state index >= 15 is 0 Å². The van der Waals surface area contributed by atoms with E-state index in [0.29, 0.717) is 17.7 Å². The van der Waals surface area contributed by atoms with E-state index in [1.54, 1.807) is 0 Å². The molecule has 0 aliphatic rings. The van der Waals surface area contributed by atoms with Crippen LogP contribution >= 0.6 is 0 Å². The monoisotopic (exact) mass is 341 g/mol. The molecule has 0 radical (unpaired) electrons. The fraction of sp³-hybridized carbons (Fsp3) is 0.250. The molecule has 0 atom stereocenters. The summed E-state index contributed by atoms with van der Waals surface area (Å²) in [5.41, 5.74) is 0.347. The summed E-state index contributed by atoms with van der Waals surface area (Å²) in [4.78, 5) is 0.0540. The molecule has 0 bridgehead atoms. The summed E-state index contributed by atoms with van der Waals surface area (Å²) in [6.07, 6.45) is 0.441. The van der Waals surface area contributed by atoms with Crippen LogP contribution in [0.15, 0.2) is 47.4 Å². The van der Waals surface area contributed by atoms with Gasteiger partial charge in [-0.25, -0.2) is 21.9 Å². The van der Waals surface area contributed by atoms with Gasteiger partial charge in [0.1, 0.15) is 17.4 Å². The maximum atomic E-state index is 13.0. The first kappa shape index (κ1) is 17.4. The van der Waals surface area contributed by atoms with Crippen molar-refractivity contribution in [2.45, 2.75) is 18.2 Å². The highest BCUT2D eigenvalue weighted by molar-refractivity contribution is 7.89. The molecule has 0 saturated carbocycles. The number of halogens is 2. The van der Waals surface area contributed by atoms with Crippen LogP contribution in [0, 0.1) is 18.6 Å². The third-order valence-corrected chi connectivity index (χ3v) is 4.74. The number of hydrogen-bond acceptors (Lipinski definition) is 3. The van der Waals surface area contributed by atoms with Crippen molar-refractivity contribution in [1.82, 2.24) is 4.72 Å². The fourth-order valence-corrected chi connectivity index (χ4v) is 3.29. The maximum absolute atomic E-state index is 13.0. The predicted molar refractivity (Wildman–Crippen MR) is 82.8 cm³/mol. The third kappa shape index (κ3) is 5.01. The predicted octanol–water partition coefficient (Wildman–Crippen LogP) is 3.02. The largest absolute Gasteiger partial charge is 0.494 e. The number of aryl methyl sites for hydroxylation is 1. The molecule has 23 heavy (non-hydrogen) atoms. The van der Waals surface area contributed by atoms with Gasteiger partial charge in [-0.05, 0) is 61.4 Å². The number of sulfonamides is 1. The normalized spacial score (nSPS) is 11.4. The molecule has 0 amide bonds. The van der Waals surface area contributed by atoms with Gasteiger partial charge >= 0.3 is 0 Å². The number of hydrogen-bond donors (Lipinski definition) is 1. The quantitative estimate of drug-likeness (QED) is 0.788. The molecule has 0 aliphatic carbocycles. The molecule has 2 aromatic carbocycles. The van der Waals surface area contributed by atoms with Crippen LogP contribution in [0.1, 0.15) is 12.0 Å². The van der Waals surface area contributed by atoms with E-state index in [4.69, 9.17) is 4.74 Å². The minimum absolute atomic E-state index is 0.0540. The molecule has 2 rings (SSSR count). The molecule has 0 aliphatic heterocycles.